The monoisotopic (exact) mass is 271 g/mol. The summed E-state index contributed by atoms with van der Waals surface area (Å²) in [6, 6.07) is 0.575. The van der Waals surface area contributed by atoms with Crippen LogP contribution in [0.2, 0.25) is 5.15 Å². The highest BCUT2D eigenvalue weighted by molar-refractivity contribution is 6.30. The number of carbonyl (C=O) groups is 2. The fourth-order valence-corrected chi connectivity index (χ4v) is 1.82. The number of rotatable bonds is 3. The van der Waals surface area contributed by atoms with E-state index in [0.717, 1.165) is 0 Å². The number of methoxy groups -OCH3 is 1. The van der Waals surface area contributed by atoms with Gasteiger partial charge in [0, 0.05) is 6.07 Å². The molecule has 0 saturated carbocycles. The number of carbonyl (C=O) groups excluding carboxylic acids is 1. The van der Waals surface area contributed by atoms with E-state index in [1.54, 1.807) is 0 Å². The molecule has 7 nitrogen and oxygen atoms in total. The summed E-state index contributed by atoms with van der Waals surface area (Å²) in [4.78, 5) is 26.3. The summed E-state index contributed by atoms with van der Waals surface area (Å²) in [5, 5.41) is 14.2. The molecule has 1 unspecified atom stereocenters. The minimum absolute atomic E-state index is 0.184. The van der Waals surface area contributed by atoms with Gasteiger partial charge in [-0.3, -0.25) is 9.59 Å². The van der Waals surface area contributed by atoms with Crippen molar-refractivity contribution in [1.29, 1.82) is 0 Å². The smallest absolute Gasteiger partial charge is 0.305 e. The Morgan fingerprint density at radius 1 is 1.67 bits per heavy atom. The molecule has 8 heteroatoms. The lowest BCUT2D eigenvalue weighted by Gasteiger charge is -2.26. The van der Waals surface area contributed by atoms with Crippen molar-refractivity contribution in [2.75, 3.05) is 17.7 Å². The first kappa shape index (κ1) is 12.4. The standard InChI is InChI=1S/C10H10ClN3O4/c1-18-5-3-6(11)13-9-8(5)14-10(17)4(12-9)2-7(15)16/h3-4H,2H2,1H3,(H,12,13)(H,14,17)(H,15,16). The number of pyridine rings is 1. The highest BCUT2D eigenvalue weighted by Gasteiger charge is 2.30. The lowest BCUT2D eigenvalue weighted by atomic mass is 10.1. The first-order valence-electron chi connectivity index (χ1n) is 5.05. The van der Waals surface area contributed by atoms with Crippen LogP contribution in [-0.4, -0.2) is 35.1 Å². The van der Waals surface area contributed by atoms with Crippen molar-refractivity contribution in [1.82, 2.24) is 4.98 Å². The summed E-state index contributed by atoms with van der Waals surface area (Å²) in [5.41, 5.74) is 0.355. The number of halogens is 1. The van der Waals surface area contributed by atoms with E-state index < -0.39 is 17.9 Å². The van der Waals surface area contributed by atoms with Crippen LogP contribution in [0.15, 0.2) is 6.07 Å². The Hall–Kier alpha value is -2.02. The molecule has 0 saturated heterocycles. The van der Waals surface area contributed by atoms with Crippen molar-refractivity contribution >= 4 is 35.0 Å². The first-order valence-corrected chi connectivity index (χ1v) is 5.42. The average Bonchev–Trinajstić information content (AvgIpc) is 2.29. The van der Waals surface area contributed by atoms with Crippen molar-refractivity contribution in [3.63, 3.8) is 0 Å². The maximum atomic E-state index is 11.7. The van der Waals surface area contributed by atoms with Gasteiger partial charge in [0.1, 0.15) is 22.6 Å². The molecule has 0 aromatic carbocycles. The molecule has 3 N–H and O–H groups in total. The molecule has 1 aliphatic heterocycles. The Labute approximate surface area is 107 Å². The minimum atomic E-state index is -1.08. The van der Waals surface area contributed by atoms with Gasteiger partial charge in [0.05, 0.1) is 13.5 Å². The number of ether oxygens (including phenoxy) is 1. The van der Waals surface area contributed by atoms with Crippen molar-refractivity contribution in [3.8, 4) is 5.75 Å². The van der Waals surface area contributed by atoms with Crippen molar-refractivity contribution < 1.29 is 19.4 Å². The number of amides is 1. The summed E-state index contributed by atoms with van der Waals surface area (Å²) in [6.07, 6.45) is -0.345. The Kier molecular flexibility index (Phi) is 3.24. The molecule has 1 aromatic heterocycles. The van der Waals surface area contributed by atoms with Crippen LogP contribution >= 0.6 is 11.6 Å². The van der Waals surface area contributed by atoms with Crippen LogP contribution in [0.4, 0.5) is 11.5 Å². The summed E-state index contributed by atoms with van der Waals surface area (Å²) in [6.45, 7) is 0. The SMILES string of the molecule is COc1cc(Cl)nc2c1NC(=O)C(CC(=O)O)N2. The molecule has 1 aromatic rings. The second kappa shape index (κ2) is 4.69. The quantitative estimate of drug-likeness (QED) is 0.708. The number of aromatic nitrogens is 1. The van der Waals surface area contributed by atoms with Gasteiger partial charge in [-0.2, -0.15) is 0 Å². The predicted molar refractivity (Wildman–Crippen MR) is 64.1 cm³/mol. The second-order valence-electron chi connectivity index (χ2n) is 3.65. The number of fused-ring (bicyclic) bond motifs is 1. The molecule has 1 amide bonds. The van der Waals surface area contributed by atoms with Crippen LogP contribution in [-0.2, 0) is 9.59 Å². The van der Waals surface area contributed by atoms with E-state index in [-0.39, 0.29) is 11.6 Å². The van der Waals surface area contributed by atoms with Gasteiger partial charge >= 0.3 is 5.97 Å². The number of anilines is 2. The fourth-order valence-electron chi connectivity index (χ4n) is 1.64. The van der Waals surface area contributed by atoms with E-state index in [1.165, 1.54) is 13.2 Å². The normalized spacial score (nSPS) is 17.4. The number of hydrogen-bond donors (Lipinski definition) is 3. The van der Waals surface area contributed by atoms with Crippen LogP contribution in [0.1, 0.15) is 6.42 Å². The molecule has 0 spiro atoms. The first-order chi connectivity index (χ1) is 8.51. The molecule has 1 aliphatic rings. The third-order valence-electron chi connectivity index (χ3n) is 2.43. The average molecular weight is 272 g/mol. The Bertz CT molecular complexity index is 520. The van der Waals surface area contributed by atoms with Gasteiger partial charge in [0.25, 0.3) is 0 Å². The zero-order chi connectivity index (χ0) is 13.3. The van der Waals surface area contributed by atoms with Crippen molar-refractivity contribution in [2.24, 2.45) is 0 Å². The maximum Gasteiger partial charge on any atom is 0.305 e. The lowest BCUT2D eigenvalue weighted by molar-refractivity contribution is -0.138. The van der Waals surface area contributed by atoms with Gasteiger partial charge in [-0.05, 0) is 0 Å². The third-order valence-corrected chi connectivity index (χ3v) is 2.62. The topological polar surface area (TPSA) is 101 Å². The zero-order valence-electron chi connectivity index (χ0n) is 9.36. The molecule has 1 atom stereocenters. The maximum absolute atomic E-state index is 11.7. The predicted octanol–water partition coefficient (Wildman–Crippen LogP) is 0.951. The number of hydrogen-bond acceptors (Lipinski definition) is 5. The zero-order valence-corrected chi connectivity index (χ0v) is 10.1. The summed E-state index contributed by atoms with van der Waals surface area (Å²) < 4.78 is 5.06. The van der Waals surface area contributed by atoms with Gasteiger partial charge in [-0.15, -0.1) is 0 Å². The van der Waals surface area contributed by atoms with Crippen molar-refractivity contribution in [3.05, 3.63) is 11.2 Å². The van der Waals surface area contributed by atoms with E-state index in [4.69, 9.17) is 21.4 Å². The van der Waals surface area contributed by atoms with Crippen LogP contribution in [0, 0.1) is 0 Å². The molecular formula is C10H10ClN3O4. The Balaban J connectivity index is 2.36. The number of aliphatic carboxylic acids is 1. The summed E-state index contributed by atoms with van der Waals surface area (Å²) in [5.74, 6) is -0.878. The number of nitrogens with one attached hydrogen (secondary N) is 2. The van der Waals surface area contributed by atoms with E-state index in [2.05, 4.69) is 15.6 Å². The van der Waals surface area contributed by atoms with E-state index >= 15 is 0 Å². The van der Waals surface area contributed by atoms with Crippen LogP contribution in [0.25, 0.3) is 0 Å². The molecular weight excluding hydrogens is 262 g/mol. The Morgan fingerprint density at radius 3 is 3.00 bits per heavy atom. The molecule has 2 heterocycles. The highest BCUT2D eigenvalue weighted by Crippen LogP contribution is 2.36. The molecule has 96 valence electrons. The van der Waals surface area contributed by atoms with Crippen LogP contribution in [0.3, 0.4) is 0 Å². The van der Waals surface area contributed by atoms with Gasteiger partial charge < -0.3 is 20.5 Å². The van der Waals surface area contributed by atoms with Gasteiger partial charge in [-0.25, -0.2) is 4.98 Å². The van der Waals surface area contributed by atoms with Crippen molar-refractivity contribution in [2.45, 2.75) is 12.5 Å². The van der Waals surface area contributed by atoms with Gasteiger partial charge in [0.15, 0.2) is 5.82 Å². The molecule has 0 bridgehead atoms. The number of carboxylic acid groups (broad SMARTS) is 1. The summed E-state index contributed by atoms with van der Waals surface area (Å²) >= 11 is 5.79. The molecule has 0 fully saturated rings. The molecule has 2 rings (SSSR count). The number of carboxylic acids is 1. The lowest BCUT2D eigenvalue weighted by Crippen LogP contribution is -2.40. The van der Waals surface area contributed by atoms with Gasteiger partial charge in [-0.1, -0.05) is 11.6 Å². The minimum Gasteiger partial charge on any atom is -0.494 e. The fraction of sp³-hybridized carbons (Fsp3) is 0.300. The second-order valence-corrected chi connectivity index (χ2v) is 4.04. The Morgan fingerprint density at radius 2 is 2.39 bits per heavy atom. The molecule has 0 aliphatic carbocycles. The molecule has 0 radical (unpaired) electrons. The molecule has 18 heavy (non-hydrogen) atoms. The largest absolute Gasteiger partial charge is 0.494 e. The van der Waals surface area contributed by atoms with Crippen LogP contribution in [0.5, 0.6) is 5.75 Å². The summed E-state index contributed by atoms with van der Waals surface area (Å²) in [7, 11) is 1.43. The third kappa shape index (κ3) is 2.30. The van der Waals surface area contributed by atoms with E-state index in [0.29, 0.717) is 17.3 Å². The number of nitrogens with zero attached hydrogens (tertiary/aromatic N) is 1. The van der Waals surface area contributed by atoms with Gasteiger partial charge in [0.2, 0.25) is 5.91 Å². The highest BCUT2D eigenvalue weighted by atomic mass is 35.5. The van der Waals surface area contributed by atoms with E-state index in [1.807, 2.05) is 0 Å². The van der Waals surface area contributed by atoms with Crippen LogP contribution < -0.4 is 15.4 Å². The van der Waals surface area contributed by atoms with E-state index in [9.17, 15) is 9.59 Å².